The van der Waals surface area contributed by atoms with Crippen LogP contribution in [0.25, 0.3) is 10.9 Å². The quantitative estimate of drug-likeness (QED) is 0.676. The Morgan fingerprint density at radius 3 is 2.80 bits per heavy atom. The standard InChI is InChI=1S/C16H15F2N5O2/c1-8(9-3-4-11(17)12(18)5-9)20-16(24)21-14-6-13-10(7-19-14)15(25-2)23-22-13/h3-8H,1-2H3,(H,22,23)(H2,19,20,21,24). The maximum Gasteiger partial charge on any atom is 0.320 e. The molecule has 9 heteroatoms. The van der Waals surface area contributed by atoms with Crippen LogP contribution >= 0.6 is 0 Å². The smallest absolute Gasteiger partial charge is 0.320 e. The number of aromatic amines is 1. The SMILES string of the molecule is COc1n[nH]c2cc(NC(=O)NC(C)c3ccc(F)c(F)c3)ncc12. The van der Waals surface area contributed by atoms with Crippen molar-refractivity contribution < 1.29 is 18.3 Å². The van der Waals surface area contributed by atoms with Gasteiger partial charge in [-0.2, -0.15) is 0 Å². The van der Waals surface area contributed by atoms with E-state index in [0.29, 0.717) is 28.2 Å². The molecule has 0 aliphatic rings. The topological polar surface area (TPSA) is 91.9 Å². The average molecular weight is 347 g/mol. The van der Waals surface area contributed by atoms with Gasteiger partial charge in [0.25, 0.3) is 0 Å². The molecule has 0 spiro atoms. The summed E-state index contributed by atoms with van der Waals surface area (Å²) in [7, 11) is 1.49. The number of hydrogen-bond acceptors (Lipinski definition) is 4. The van der Waals surface area contributed by atoms with E-state index < -0.39 is 23.7 Å². The zero-order valence-corrected chi connectivity index (χ0v) is 13.4. The fraction of sp³-hybridized carbons (Fsp3) is 0.188. The van der Waals surface area contributed by atoms with Crippen molar-refractivity contribution in [3.8, 4) is 5.88 Å². The number of amides is 2. The fourth-order valence-corrected chi connectivity index (χ4v) is 2.33. The van der Waals surface area contributed by atoms with Crippen molar-refractivity contribution in [1.82, 2.24) is 20.5 Å². The van der Waals surface area contributed by atoms with Crippen LogP contribution in [0.3, 0.4) is 0 Å². The van der Waals surface area contributed by atoms with Gasteiger partial charge in [0.15, 0.2) is 11.6 Å². The van der Waals surface area contributed by atoms with Crippen LogP contribution in [-0.4, -0.2) is 28.3 Å². The number of benzene rings is 1. The van der Waals surface area contributed by atoms with Crippen LogP contribution in [0.1, 0.15) is 18.5 Å². The second-order valence-electron chi connectivity index (χ2n) is 5.34. The molecule has 1 atom stereocenters. The molecule has 2 amide bonds. The number of halogens is 2. The first-order valence-electron chi connectivity index (χ1n) is 7.38. The molecule has 2 aromatic heterocycles. The van der Waals surface area contributed by atoms with E-state index in [4.69, 9.17) is 4.74 Å². The molecule has 0 radical (unpaired) electrons. The van der Waals surface area contributed by atoms with Gasteiger partial charge >= 0.3 is 6.03 Å². The average Bonchev–Trinajstić information content (AvgIpc) is 2.99. The number of rotatable bonds is 4. The molecule has 0 aliphatic carbocycles. The van der Waals surface area contributed by atoms with E-state index in [1.807, 2.05) is 0 Å². The summed E-state index contributed by atoms with van der Waals surface area (Å²) in [4.78, 5) is 16.2. The normalized spacial score (nSPS) is 12.0. The Morgan fingerprint density at radius 2 is 2.08 bits per heavy atom. The Kier molecular flexibility index (Phi) is 4.46. The minimum atomic E-state index is -0.966. The highest BCUT2D eigenvalue weighted by molar-refractivity contribution is 5.92. The molecule has 0 saturated heterocycles. The van der Waals surface area contributed by atoms with Crippen molar-refractivity contribution >= 4 is 22.8 Å². The summed E-state index contributed by atoms with van der Waals surface area (Å²) in [6.45, 7) is 1.66. The zero-order chi connectivity index (χ0) is 18.0. The molecule has 0 aliphatic heterocycles. The number of fused-ring (bicyclic) bond motifs is 1. The minimum absolute atomic E-state index is 0.300. The number of carbonyl (C=O) groups is 1. The highest BCUT2D eigenvalue weighted by atomic mass is 19.2. The van der Waals surface area contributed by atoms with Crippen molar-refractivity contribution in [1.29, 1.82) is 0 Å². The molecule has 0 fully saturated rings. The second-order valence-corrected chi connectivity index (χ2v) is 5.34. The lowest BCUT2D eigenvalue weighted by atomic mass is 10.1. The van der Waals surface area contributed by atoms with Gasteiger partial charge in [0.2, 0.25) is 5.88 Å². The Labute approximate surface area is 141 Å². The Balaban J connectivity index is 1.68. The van der Waals surface area contributed by atoms with Crippen molar-refractivity contribution in [3.05, 3.63) is 47.7 Å². The molecule has 3 aromatic rings. The van der Waals surface area contributed by atoms with Crippen LogP contribution in [0, 0.1) is 11.6 Å². The van der Waals surface area contributed by atoms with Gasteiger partial charge in [0.05, 0.1) is 24.1 Å². The number of pyridine rings is 1. The molecule has 7 nitrogen and oxygen atoms in total. The molecule has 2 heterocycles. The molecule has 0 bridgehead atoms. The predicted octanol–water partition coefficient (Wildman–Crippen LogP) is 3.13. The molecule has 25 heavy (non-hydrogen) atoms. The van der Waals surface area contributed by atoms with Crippen molar-refractivity contribution in [2.45, 2.75) is 13.0 Å². The molecule has 3 rings (SSSR count). The first-order valence-corrected chi connectivity index (χ1v) is 7.38. The maximum absolute atomic E-state index is 13.3. The summed E-state index contributed by atoms with van der Waals surface area (Å²) in [5.41, 5.74) is 1.09. The van der Waals surface area contributed by atoms with Crippen LogP contribution in [-0.2, 0) is 0 Å². The Hall–Kier alpha value is -3.23. The van der Waals surface area contributed by atoms with Gasteiger partial charge < -0.3 is 10.1 Å². The van der Waals surface area contributed by atoms with E-state index in [1.165, 1.54) is 19.4 Å². The van der Waals surface area contributed by atoms with Crippen LogP contribution in [0.15, 0.2) is 30.5 Å². The number of carbonyl (C=O) groups excluding carboxylic acids is 1. The van der Waals surface area contributed by atoms with Crippen LogP contribution in [0.5, 0.6) is 5.88 Å². The number of ether oxygens (including phenoxy) is 1. The summed E-state index contributed by atoms with van der Waals surface area (Å²) in [6.07, 6.45) is 1.52. The van der Waals surface area contributed by atoms with Crippen LogP contribution < -0.4 is 15.4 Å². The third-order valence-corrected chi connectivity index (χ3v) is 3.64. The van der Waals surface area contributed by atoms with Gasteiger partial charge in [0.1, 0.15) is 5.82 Å². The van der Waals surface area contributed by atoms with E-state index in [2.05, 4.69) is 25.8 Å². The first-order chi connectivity index (χ1) is 12.0. The van der Waals surface area contributed by atoms with Crippen molar-refractivity contribution in [2.24, 2.45) is 0 Å². The number of nitrogens with zero attached hydrogens (tertiary/aromatic N) is 2. The Morgan fingerprint density at radius 1 is 1.28 bits per heavy atom. The summed E-state index contributed by atoms with van der Waals surface area (Å²) in [6, 6.07) is 4.02. The second kappa shape index (κ2) is 6.71. The highest BCUT2D eigenvalue weighted by Crippen LogP contribution is 2.23. The van der Waals surface area contributed by atoms with Crippen molar-refractivity contribution in [3.63, 3.8) is 0 Å². The van der Waals surface area contributed by atoms with E-state index in [1.54, 1.807) is 13.0 Å². The number of aromatic nitrogens is 3. The summed E-state index contributed by atoms with van der Waals surface area (Å²) >= 11 is 0. The maximum atomic E-state index is 13.3. The largest absolute Gasteiger partial charge is 0.479 e. The van der Waals surface area contributed by atoms with Crippen molar-refractivity contribution in [2.75, 3.05) is 12.4 Å². The first kappa shape index (κ1) is 16.6. The summed E-state index contributed by atoms with van der Waals surface area (Å²) < 4.78 is 31.3. The lowest BCUT2D eigenvalue weighted by Crippen LogP contribution is -2.31. The molecule has 0 saturated carbocycles. The van der Waals surface area contributed by atoms with Gasteiger partial charge in [-0.05, 0) is 24.6 Å². The molecular formula is C16H15F2N5O2. The van der Waals surface area contributed by atoms with E-state index >= 15 is 0 Å². The van der Waals surface area contributed by atoms with Gasteiger partial charge in [-0.3, -0.25) is 10.4 Å². The molecule has 3 N–H and O–H groups in total. The zero-order valence-electron chi connectivity index (χ0n) is 13.4. The van der Waals surface area contributed by atoms with E-state index in [9.17, 15) is 13.6 Å². The van der Waals surface area contributed by atoms with Gasteiger partial charge in [0, 0.05) is 12.3 Å². The Bertz CT molecular complexity index is 928. The number of anilines is 1. The van der Waals surface area contributed by atoms with E-state index in [0.717, 1.165) is 12.1 Å². The highest BCUT2D eigenvalue weighted by Gasteiger charge is 2.13. The lowest BCUT2D eigenvalue weighted by Gasteiger charge is -2.15. The number of nitrogens with one attached hydrogen (secondary N) is 3. The molecule has 1 aromatic carbocycles. The minimum Gasteiger partial charge on any atom is -0.479 e. The number of methoxy groups -OCH3 is 1. The monoisotopic (exact) mass is 347 g/mol. The van der Waals surface area contributed by atoms with Gasteiger partial charge in [-0.25, -0.2) is 18.6 Å². The lowest BCUT2D eigenvalue weighted by molar-refractivity contribution is 0.249. The van der Waals surface area contributed by atoms with Gasteiger partial charge in [-0.15, -0.1) is 5.10 Å². The third kappa shape index (κ3) is 3.49. The number of hydrogen-bond donors (Lipinski definition) is 3. The molecule has 130 valence electrons. The summed E-state index contributed by atoms with van der Waals surface area (Å²) in [5, 5.41) is 12.6. The van der Waals surface area contributed by atoms with Crippen LogP contribution in [0.2, 0.25) is 0 Å². The third-order valence-electron chi connectivity index (χ3n) is 3.64. The van der Waals surface area contributed by atoms with Gasteiger partial charge in [-0.1, -0.05) is 6.07 Å². The predicted molar refractivity (Wildman–Crippen MR) is 87.4 cm³/mol. The number of H-pyrrole nitrogens is 1. The van der Waals surface area contributed by atoms with Crippen LogP contribution in [0.4, 0.5) is 19.4 Å². The fourth-order valence-electron chi connectivity index (χ4n) is 2.33. The number of urea groups is 1. The summed E-state index contributed by atoms with van der Waals surface area (Å²) in [5.74, 6) is -1.20. The van der Waals surface area contributed by atoms with E-state index in [-0.39, 0.29) is 0 Å². The molecular weight excluding hydrogens is 332 g/mol. The molecule has 1 unspecified atom stereocenters.